The van der Waals surface area contributed by atoms with Gasteiger partial charge in [-0.3, -0.25) is 0 Å². The fourth-order valence-corrected chi connectivity index (χ4v) is 3.21. The largest absolute Gasteiger partial charge is 0.383 e. The molecule has 0 saturated heterocycles. The van der Waals surface area contributed by atoms with Crippen molar-refractivity contribution in [1.82, 2.24) is 0 Å². The SMILES string of the molecule is C#CCO/N=C1\CC2CC[C@]1(C)C2(C)C. The Morgan fingerprint density at radius 2 is 2.27 bits per heavy atom. The molecule has 1 unspecified atom stereocenters. The predicted molar refractivity (Wildman–Crippen MR) is 61.4 cm³/mol. The van der Waals surface area contributed by atoms with Gasteiger partial charge in [-0.25, -0.2) is 0 Å². The van der Waals surface area contributed by atoms with Crippen LogP contribution in [0, 0.1) is 29.1 Å². The van der Waals surface area contributed by atoms with Gasteiger partial charge in [0.2, 0.25) is 0 Å². The molecule has 2 heteroatoms. The molecule has 0 heterocycles. The molecular formula is C13H19NO. The molecule has 2 atom stereocenters. The van der Waals surface area contributed by atoms with Gasteiger partial charge < -0.3 is 4.84 Å². The van der Waals surface area contributed by atoms with E-state index in [2.05, 4.69) is 31.8 Å². The van der Waals surface area contributed by atoms with Crippen molar-refractivity contribution in [2.45, 2.75) is 40.0 Å². The maximum Gasteiger partial charge on any atom is 0.177 e. The summed E-state index contributed by atoms with van der Waals surface area (Å²) < 4.78 is 0. The monoisotopic (exact) mass is 205 g/mol. The summed E-state index contributed by atoms with van der Waals surface area (Å²) in [7, 11) is 0. The molecule has 0 aliphatic heterocycles. The van der Waals surface area contributed by atoms with Crippen molar-refractivity contribution < 1.29 is 4.84 Å². The summed E-state index contributed by atoms with van der Waals surface area (Å²) in [5.41, 5.74) is 1.82. The van der Waals surface area contributed by atoms with E-state index in [0.717, 1.165) is 12.3 Å². The second-order valence-corrected chi connectivity index (χ2v) is 5.51. The Hall–Kier alpha value is -0.970. The van der Waals surface area contributed by atoms with Crippen LogP contribution in [0.25, 0.3) is 0 Å². The van der Waals surface area contributed by atoms with Gasteiger partial charge in [-0.1, -0.05) is 31.8 Å². The average Bonchev–Trinajstić information content (AvgIpc) is 2.51. The van der Waals surface area contributed by atoms with Gasteiger partial charge >= 0.3 is 0 Å². The first kappa shape index (κ1) is 10.5. The number of fused-ring (bicyclic) bond motifs is 2. The molecule has 82 valence electrons. The maximum absolute atomic E-state index is 5.13. The zero-order valence-corrected chi connectivity index (χ0v) is 9.84. The van der Waals surface area contributed by atoms with Gasteiger partial charge in [0.1, 0.15) is 0 Å². The first-order valence-corrected chi connectivity index (χ1v) is 5.65. The average molecular weight is 205 g/mol. The standard InChI is InChI=1S/C13H19NO/c1-5-8-15-14-11-9-10-6-7-13(11,4)12(10,2)3/h1,10H,6-9H2,2-4H3/b14-11+/t10?,13-/m0/s1. The molecule has 0 radical (unpaired) electrons. The van der Waals surface area contributed by atoms with Gasteiger partial charge in [0.25, 0.3) is 0 Å². The second kappa shape index (κ2) is 3.27. The van der Waals surface area contributed by atoms with E-state index in [1.807, 2.05) is 0 Å². The normalized spacial score (nSPS) is 39.3. The topological polar surface area (TPSA) is 21.6 Å². The molecule has 15 heavy (non-hydrogen) atoms. The van der Waals surface area contributed by atoms with E-state index in [1.165, 1.54) is 18.6 Å². The van der Waals surface area contributed by atoms with Crippen LogP contribution in [0.15, 0.2) is 5.16 Å². The Balaban J connectivity index is 2.19. The van der Waals surface area contributed by atoms with Crippen LogP contribution in [-0.4, -0.2) is 12.3 Å². The van der Waals surface area contributed by atoms with Gasteiger partial charge in [-0.15, -0.1) is 6.42 Å². The Bertz CT molecular complexity index is 337. The molecule has 2 aliphatic carbocycles. The molecular weight excluding hydrogens is 186 g/mol. The van der Waals surface area contributed by atoms with Gasteiger partial charge in [0, 0.05) is 5.41 Å². The van der Waals surface area contributed by atoms with Crippen molar-refractivity contribution >= 4 is 5.71 Å². The Kier molecular flexibility index (Phi) is 2.30. The van der Waals surface area contributed by atoms with Crippen LogP contribution in [-0.2, 0) is 4.84 Å². The smallest absolute Gasteiger partial charge is 0.177 e. The molecule has 2 aliphatic rings. The molecule has 0 aromatic rings. The number of hydrogen-bond donors (Lipinski definition) is 0. The number of terminal acetylenes is 1. The van der Waals surface area contributed by atoms with Crippen LogP contribution in [0.1, 0.15) is 40.0 Å². The predicted octanol–water partition coefficient (Wildman–Crippen LogP) is 2.84. The van der Waals surface area contributed by atoms with Crippen molar-refractivity contribution in [3.05, 3.63) is 0 Å². The van der Waals surface area contributed by atoms with Crippen LogP contribution in [0.2, 0.25) is 0 Å². The summed E-state index contributed by atoms with van der Waals surface area (Å²) >= 11 is 0. The molecule has 2 bridgehead atoms. The van der Waals surface area contributed by atoms with E-state index in [1.54, 1.807) is 0 Å². The highest BCUT2D eigenvalue weighted by molar-refractivity contribution is 5.93. The minimum Gasteiger partial charge on any atom is -0.383 e. The summed E-state index contributed by atoms with van der Waals surface area (Å²) in [6, 6.07) is 0. The van der Waals surface area contributed by atoms with Crippen LogP contribution in [0.4, 0.5) is 0 Å². The summed E-state index contributed by atoms with van der Waals surface area (Å²) in [6.07, 6.45) is 8.79. The van der Waals surface area contributed by atoms with Crippen molar-refractivity contribution in [2.75, 3.05) is 6.61 Å². The van der Waals surface area contributed by atoms with E-state index in [9.17, 15) is 0 Å². The van der Waals surface area contributed by atoms with Crippen molar-refractivity contribution in [2.24, 2.45) is 21.9 Å². The van der Waals surface area contributed by atoms with Crippen LogP contribution in [0.3, 0.4) is 0 Å². The first-order chi connectivity index (χ1) is 7.02. The quantitative estimate of drug-likeness (QED) is 0.386. The highest BCUT2D eigenvalue weighted by atomic mass is 16.6. The van der Waals surface area contributed by atoms with Crippen molar-refractivity contribution in [1.29, 1.82) is 0 Å². The van der Waals surface area contributed by atoms with Crippen LogP contribution < -0.4 is 0 Å². The van der Waals surface area contributed by atoms with Crippen molar-refractivity contribution in [3.8, 4) is 12.3 Å². The third-order valence-corrected chi connectivity index (χ3v) is 4.83. The summed E-state index contributed by atoms with van der Waals surface area (Å²) in [6.45, 7) is 7.31. The fourth-order valence-electron chi connectivity index (χ4n) is 3.21. The van der Waals surface area contributed by atoms with E-state index in [4.69, 9.17) is 11.3 Å². The van der Waals surface area contributed by atoms with E-state index in [-0.39, 0.29) is 12.0 Å². The molecule has 2 nitrogen and oxygen atoms in total. The summed E-state index contributed by atoms with van der Waals surface area (Å²) in [5, 5.41) is 4.24. The van der Waals surface area contributed by atoms with Gasteiger partial charge in [-0.2, -0.15) is 0 Å². The molecule has 0 aromatic carbocycles. The van der Waals surface area contributed by atoms with Gasteiger partial charge in [0.15, 0.2) is 6.61 Å². The second-order valence-electron chi connectivity index (χ2n) is 5.51. The molecule has 0 amide bonds. The lowest BCUT2D eigenvalue weighted by Gasteiger charge is -2.34. The van der Waals surface area contributed by atoms with E-state index < -0.39 is 0 Å². The summed E-state index contributed by atoms with van der Waals surface area (Å²) in [4.78, 5) is 5.13. The van der Waals surface area contributed by atoms with Crippen LogP contribution >= 0.6 is 0 Å². The Morgan fingerprint density at radius 1 is 1.53 bits per heavy atom. The third-order valence-electron chi connectivity index (χ3n) is 4.83. The molecule has 2 rings (SSSR count). The number of oxime groups is 1. The molecule has 2 fully saturated rings. The number of nitrogens with zero attached hydrogens (tertiary/aromatic N) is 1. The molecule has 0 N–H and O–H groups in total. The Labute approximate surface area is 92.1 Å². The molecule has 0 aromatic heterocycles. The zero-order valence-electron chi connectivity index (χ0n) is 9.84. The maximum atomic E-state index is 5.13. The van der Waals surface area contributed by atoms with Gasteiger partial charge in [-0.05, 0) is 30.6 Å². The lowest BCUT2D eigenvalue weighted by Crippen LogP contribution is -2.32. The molecule has 2 saturated carbocycles. The lowest BCUT2D eigenvalue weighted by molar-refractivity contribution is 0.164. The minimum absolute atomic E-state index is 0.228. The first-order valence-electron chi connectivity index (χ1n) is 5.65. The van der Waals surface area contributed by atoms with E-state index >= 15 is 0 Å². The summed E-state index contributed by atoms with van der Waals surface area (Å²) in [5.74, 6) is 3.21. The third kappa shape index (κ3) is 1.29. The molecule has 0 spiro atoms. The minimum atomic E-state index is 0.228. The van der Waals surface area contributed by atoms with E-state index in [0.29, 0.717) is 5.41 Å². The number of hydrogen-bond acceptors (Lipinski definition) is 2. The van der Waals surface area contributed by atoms with Crippen LogP contribution in [0.5, 0.6) is 0 Å². The highest BCUT2D eigenvalue weighted by Crippen LogP contribution is 2.63. The van der Waals surface area contributed by atoms with Crippen molar-refractivity contribution in [3.63, 3.8) is 0 Å². The zero-order chi connectivity index (χ0) is 11.1. The fraction of sp³-hybridized carbons (Fsp3) is 0.769. The lowest BCUT2D eigenvalue weighted by atomic mass is 9.70. The van der Waals surface area contributed by atoms with Gasteiger partial charge in [0.05, 0.1) is 5.71 Å². The Morgan fingerprint density at radius 3 is 2.73 bits per heavy atom. The number of rotatable bonds is 2. The highest BCUT2D eigenvalue weighted by Gasteiger charge is 2.60.